The number of halogens is 1. The second-order valence-electron chi connectivity index (χ2n) is 4.96. The first-order chi connectivity index (χ1) is 10.1. The molecule has 108 valence electrons. The van der Waals surface area contributed by atoms with Gasteiger partial charge in [-0.1, -0.05) is 54.7 Å². The molecule has 0 spiro atoms. The van der Waals surface area contributed by atoms with Crippen LogP contribution in [-0.2, 0) is 0 Å². The summed E-state index contributed by atoms with van der Waals surface area (Å²) in [7, 11) is 0. The summed E-state index contributed by atoms with van der Waals surface area (Å²) in [6.45, 7) is 0. The van der Waals surface area contributed by atoms with E-state index in [0.29, 0.717) is 16.8 Å². The van der Waals surface area contributed by atoms with Crippen LogP contribution in [0.5, 0.6) is 0 Å². The van der Waals surface area contributed by atoms with Crippen molar-refractivity contribution in [1.82, 2.24) is 9.29 Å². The van der Waals surface area contributed by atoms with E-state index in [2.05, 4.69) is 35.2 Å². The molecule has 1 aromatic heterocycles. The smallest absolute Gasteiger partial charge is 0.291 e. The third kappa shape index (κ3) is 3.31. The van der Waals surface area contributed by atoms with Crippen LogP contribution in [0, 0.1) is 0 Å². The number of nitrogens with one attached hydrogen (secondary N) is 1. The Hall–Kier alpha value is -1.72. The molecular formula is C15H14ClN3OS. The summed E-state index contributed by atoms with van der Waals surface area (Å²) < 4.78 is 1.44. The monoisotopic (exact) mass is 319 g/mol. The Kier molecular flexibility index (Phi) is 4.03. The van der Waals surface area contributed by atoms with Crippen LogP contribution in [0.25, 0.3) is 0 Å². The Balaban J connectivity index is 1.60. The van der Waals surface area contributed by atoms with Crippen LogP contribution < -0.4 is 5.32 Å². The Bertz CT molecular complexity index is 635. The average molecular weight is 320 g/mol. The normalized spacial score (nSPS) is 19.9. The zero-order valence-corrected chi connectivity index (χ0v) is 12.8. The SMILES string of the molecule is O=C(Nc1ccc(Cl)cn1)N(S)C1CC1c1ccccc1. The van der Waals surface area contributed by atoms with Crippen molar-refractivity contribution in [3.8, 4) is 0 Å². The number of hydrogen-bond acceptors (Lipinski definition) is 3. The number of anilines is 1. The van der Waals surface area contributed by atoms with Gasteiger partial charge in [0, 0.05) is 12.1 Å². The van der Waals surface area contributed by atoms with Crippen molar-refractivity contribution in [1.29, 1.82) is 0 Å². The van der Waals surface area contributed by atoms with Crippen LogP contribution in [0.2, 0.25) is 5.02 Å². The van der Waals surface area contributed by atoms with E-state index < -0.39 is 0 Å². The van der Waals surface area contributed by atoms with Gasteiger partial charge in [-0.2, -0.15) is 0 Å². The number of hydrogen-bond donors (Lipinski definition) is 2. The van der Waals surface area contributed by atoms with Gasteiger partial charge in [0.15, 0.2) is 0 Å². The minimum absolute atomic E-state index is 0.114. The lowest BCUT2D eigenvalue weighted by molar-refractivity contribution is 0.237. The summed E-state index contributed by atoms with van der Waals surface area (Å²) >= 11 is 10.1. The highest BCUT2D eigenvalue weighted by atomic mass is 35.5. The topological polar surface area (TPSA) is 45.2 Å². The number of pyridine rings is 1. The summed E-state index contributed by atoms with van der Waals surface area (Å²) in [4.78, 5) is 16.2. The summed E-state index contributed by atoms with van der Waals surface area (Å²) in [6, 6.07) is 13.3. The van der Waals surface area contributed by atoms with Crippen LogP contribution in [0.4, 0.5) is 10.6 Å². The molecule has 4 nitrogen and oxygen atoms in total. The van der Waals surface area contributed by atoms with Crippen LogP contribution in [-0.4, -0.2) is 21.4 Å². The first kappa shape index (κ1) is 14.2. The lowest BCUT2D eigenvalue weighted by atomic mass is 10.1. The van der Waals surface area contributed by atoms with E-state index in [1.165, 1.54) is 16.1 Å². The lowest BCUT2D eigenvalue weighted by Gasteiger charge is -2.16. The Morgan fingerprint density at radius 3 is 2.71 bits per heavy atom. The van der Waals surface area contributed by atoms with Crippen molar-refractivity contribution < 1.29 is 4.79 Å². The van der Waals surface area contributed by atoms with Gasteiger partial charge in [-0.15, -0.1) is 0 Å². The molecule has 2 aromatic rings. The Morgan fingerprint density at radius 2 is 2.05 bits per heavy atom. The molecule has 1 saturated carbocycles. The van der Waals surface area contributed by atoms with Gasteiger partial charge < -0.3 is 0 Å². The van der Waals surface area contributed by atoms with Crippen molar-refractivity contribution in [3.05, 3.63) is 59.2 Å². The van der Waals surface area contributed by atoms with Gasteiger partial charge in [-0.05, 0) is 24.1 Å². The maximum absolute atomic E-state index is 12.1. The number of amides is 2. The molecule has 0 radical (unpaired) electrons. The zero-order valence-electron chi connectivity index (χ0n) is 11.1. The summed E-state index contributed by atoms with van der Waals surface area (Å²) in [6.07, 6.45) is 2.42. The van der Waals surface area contributed by atoms with Gasteiger partial charge in [0.1, 0.15) is 5.82 Å². The number of benzene rings is 1. The zero-order chi connectivity index (χ0) is 14.8. The minimum atomic E-state index is -0.281. The van der Waals surface area contributed by atoms with Crippen LogP contribution >= 0.6 is 24.4 Å². The van der Waals surface area contributed by atoms with Crippen LogP contribution in [0.3, 0.4) is 0 Å². The van der Waals surface area contributed by atoms with Crippen molar-refractivity contribution in [3.63, 3.8) is 0 Å². The molecule has 2 unspecified atom stereocenters. The van der Waals surface area contributed by atoms with Crippen molar-refractivity contribution in [2.75, 3.05) is 5.32 Å². The van der Waals surface area contributed by atoms with E-state index in [1.807, 2.05) is 18.2 Å². The van der Waals surface area contributed by atoms with Crippen molar-refractivity contribution in [2.45, 2.75) is 18.4 Å². The first-order valence-corrected chi connectivity index (χ1v) is 7.38. The van der Waals surface area contributed by atoms with Crippen molar-refractivity contribution in [2.24, 2.45) is 0 Å². The highest BCUT2D eigenvalue weighted by Crippen LogP contribution is 2.45. The van der Waals surface area contributed by atoms with Gasteiger partial charge in [0.25, 0.3) is 0 Å². The molecular weight excluding hydrogens is 306 g/mol. The standard InChI is InChI=1S/C15H14ClN3OS/c16-11-6-7-14(17-9-11)18-15(20)19(21)13-8-12(13)10-4-2-1-3-5-10/h1-7,9,12-13,21H,8H2,(H,17,18,20). The predicted molar refractivity (Wildman–Crippen MR) is 86.7 cm³/mol. The summed E-state index contributed by atoms with van der Waals surface area (Å²) in [5, 5.41) is 3.23. The molecule has 1 aliphatic carbocycles. The number of aromatic nitrogens is 1. The number of thiol groups is 1. The maximum atomic E-state index is 12.1. The molecule has 21 heavy (non-hydrogen) atoms. The van der Waals surface area contributed by atoms with E-state index >= 15 is 0 Å². The molecule has 0 aliphatic heterocycles. The molecule has 0 saturated heterocycles. The number of carbonyl (C=O) groups excluding carboxylic acids is 1. The molecule has 6 heteroatoms. The van der Waals surface area contributed by atoms with Gasteiger partial charge >= 0.3 is 6.03 Å². The fraction of sp³-hybridized carbons (Fsp3) is 0.200. The lowest BCUT2D eigenvalue weighted by Crippen LogP contribution is -2.30. The second-order valence-corrected chi connectivity index (χ2v) is 5.82. The molecule has 1 fully saturated rings. The van der Waals surface area contributed by atoms with Gasteiger partial charge in [-0.3, -0.25) is 9.62 Å². The predicted octanol–water partition coefficient (Wildman–Crippen LogP) is 3.97. The third-order valence-corrected chi connectivity index (χ3v) is 4.17. The van der Waals surface area contributed by atoms with Crippen LogP contribution in [0.1, 0.15) is 17.9 Å². The second kappa shape index (κ2) is 5.95. The minimum Gasteiger partial charge on any atom is -0.291 e. The molecule has 1 aromatic carbocycles. The highest BCUT2D eigenvalue weighted by Gasteiger charge is 2.44. The molecule has 0 bridgehead atoms. The largest absolute Gasteiger partial charge is 0.333 e. The molecule has 1 heterocycles. The number of carbonyl (C=O) groups is 1. The molecule has 2 amide bonds. The average Bonchev–Trinajstić information content (AvgIpc) is 3.30. The van der Waals surface area contributed by atoms with Crippen molar-refractivity contribution >= 4 is 36.3 Å². The van der Waals surface area contributed by atoms with Crippen LogP contribution in [0.15, 0.2) is 48.7 Å². The van der Waals surface area contributed by atoms with E-state index in [0.717, 1.165) is 6.42 Å². The summed E-state index contributed by atoms with van der Waals surface area (Å²) in [5.74, 6) is 0.813. The molecule has 1 aliphatic rings. The number of nitrogens with zero attached hydrogens (tertiary/aromatic N) is 2. The molecule has 2 atom stereocenters. The van der Waals surface area contributed by atoms with E-state index in [-0.39, 0.29) is 12.1 Å². The molecule has 3 rings (SSSR count). The fourth-order valence-corrected chi connectivity index (χ4v) is 2.69. The van der Waals surface area contributed by atoms with Gasteiger partial charge in [-0.25, -0.2) is 9.78 Å². The quantitative estimate of drug-likeness (QED) is 0.841. The first-order valence-electron chi connectivity index (χ1n) is 6.61. The fourth-order valence-electron chi connectivity index (χ4n) is 2.28. The Labute approximate surface area is 133 Å². The summed E-state index contributed by atoms with van der Waals surface area (Å²) in [5.41, 5.74) is 1.24. The van der Waals surface area contributed by atoms with E-state index in [1.54, 1.807) is 12.1 Å². The highest BCUT2D eigenvalue weighted by molar-refractivity contribution is 7.78. The Morgan fingerprint density at radius 1 is 1.29 bits per heavy atom. The van der Waals surface area contributed by atoms with Gasteiger partial charge in [0.2, 0.25) is 0 Å². The number of urea groups is 1. The van der Waals surface area contributed by atoms with Gasteiger partial charge in [0.05, 0.1) is 11.1 Å². The maximum Gasteiger partial charge on any atom is 0.333 e. The molecule has 1 N–H and O–H groups in total. The van der Waals surface area contributed by atoms with E-state index in [9.17, 15) is 4.79 Å². The van der Waals surface area contributed by atoms with E-state index in [4.69, 9.17) is 11.6 Å². The third-order valence-electron chi connectivity index (χ3n) is 3.47. The number of rotatable bonds is 3.